The Labute approximate surface area is 126 Å². The van der Waals surface area contributed by atoms with Crippen LogP contribution in [-0.4, -0.2) is 5.66 Å². The van der Waals surface area contributed by atoms with Crippen molar-refractivity contribution < 1.29 is 0 Å². The predicted molar refractivity (Wildman–Crippen MR) is 87.3 cm³/mol. The van der Waals surface area contributed by atoms with Crippen LogP contribution in [0.25, 0.3) is 0 Å². The summed E-state index contributed by atoms with van der Waals surface area (Å²) in [7, 11) is 0. The molecule has 0 saturated carbocycles. The van der Waals surface area contributed by atoms with Gasteiger partial charge in [0.05, 0.1) is 5.66 Å². The second-order valence-electron chi connectivity index (χ2n) is 6.92. The number of rotatable bonds is 0. The average Bonchev–Trinajstić information content (AvgIpc) is 2.61. The lowest BCUT2D eigenvalue weighted by molar-refractivity contribution is 0.228. The van der Waals surface area contributed by atoms with Crippen LogP contribution in [0, 0.1) is 0 Å². The first-order valence-corrected chi connectivity index (χ1v) is 7.73. The Hall–Kier alpha value is -1.80. The van der Waals surface area contributed by atoms with E-state index in [1.807, 2.05) is 0 Å². The molecule has 1 N–H and O–H groups in total. The Morgan fingerprint density at radius 2 is 1.57 bits per heavy atom. The highest BCUT2D eigenvalue weighted by atomic mass is 15.4. The van der Waals surface area contributed by atoms with Gasteiger partial charge in [0.15, 0.2) is 0 Å². The number of nitrogens with one attached hydrogen (secondary N) is 1. The third-order valence-corrected chi connectivity index (χ3v) is 5.69. The minimum atomic E-state index is -0.0598. The first-order chi connectivity index (χ1) is 10.0. The Balaban J connectivity index is 1.91. The van der Waals surface area contributed by atoms with Crippen molar-refractivity contribution in [2.75, 3.05) is 4.90 Å². The van der Waals surface area contributed by atoms with E-state index in [0.29, 0.717) is 0 Å². The second-order valence-corrected chi connectivity index (χ2v) is 6.92. The normalized spacial score (nSPS) is 25.8. The Morgan fingerprint density at radius 1 is 0.905 bits per heavy atom. The van der Waals surface area contributed by atoms with Crippen LogP contribution >= 0.6 is 0 Å². The fourth-order valence-corrected chi connectivity index (χ4v) is 3.96. The van der Waals surface area contributed by atoms with Crippen LogP contribution < -0.4 is 10.2 Å². The summed E-state index contributed by atoms with van der Waals surface area (Å²) in [6, 6.07) is 17.6. The zero-order chi connectivity index (χ0) is 14.7. The highest BCUT2D eigenvalue weighted by Crippen LogP contribution is 2.51. The summed E-state index contributed by atoms with van der Waals surface area (Å²) in [5, 5.41) is 3.84. The molecule has 0 spiro atoms. The Kier molecular flexibility index (Phi) is 2.52. The van der Waals surface area contributed by atoms with E-state index in [2.05, 4.69) is 79.5 Å². The minimum Gasteiger partial charge on any atom is -0.348 e. The molecule has 2 aliphatic rings. The van der Waals surface area contributed by atoms with Crippen molar-refractivity contribution in [1.29, 1.82) is 0 Å². The molecule has 21 heavy (non-hydrogen) atoms. The molecule has 0 saturated heterocycles. The number of hydrogen-bond donors (Lipinski definition) is 1. The van der Waals surface area contributed by atoms with Gasteiger partial charge in [-0.05, 0) is 29.7 Å². The summed E-state index contributed by atoms with van der Waals surface area (Å²) in [4.78, 5) is 2.55. The number of nitrogens with zero attached hydrogens (tertiary/aromatic N) is 1. The first kappa shape index (κ1) is 12.9. The Morgan fingerprint density at radius 3 is 2.38 bits per heavy atom. The van der Waals surface area contributed by atoms with Crippen molar-refractivity contribution in [2.24, 2.45) is 0 Å². The van der Waals surface area contributed by atoms with Gasteiger partial charge in [-0.1, -0.05) is 56.3 Å². The van der Waals surface area contributed by atoms with Gasteiger partial charge in [0.2, 0.25) is 0 Å². The van der Waals surface area contributed by atoms with E-state index >= 15 is 0 Å². The minimum absolute atomic E-state index is 0.0598. The quantitative estimate of drug-likeness (QED) is 0.788. The zero-order valence-electron chi connectivity index (χ0n) is 13.0. The lowest BCUT2D eigenvalue weighted by Crippen LogP contribution is -2.61. The molecule has 108 valence electrons. The molecular weight excluding hydrogens is 256 g/mol. The summed E-state index contributed by atoms with van der Waals surface area (Å²) < 4.78 is 0. The molecule has 2 heterocycles. The van der Waals surface area contributed by atoms with E-state index in [9.17, 15) is 0 Å². The number of hydrogen-bond acceptors (Lipinski definition) is 2. The van der Waals surface area contributed by atoms with E-state index in [0.717, 1.165) is 13.1 Å². The molecule has 2 nitrogen and oxygen atoms in total. The van der Waals surface area contributed by atoms with Crippen LogP contribution in [0.4, 0.5) is 5.69 Å². The standard InChI is InChI=1S/C19H22N2/c1-18(2)16-10-6-7-11-17(16)21-13-15-9-5-4-8-14(15)12-20-19(18,21)3/h4-11,20H,12-13H2,1-3H3. The predicted octanol–water partition coefficient (Wildman–Crippen LogP) is 3.80. The number of fused-ring (bicyclic) bond motifs is 4. The van der Waals surface area contributed by atoms with Crippen molar-refractivity contribution in [3.05, 3.63) is 65.2 Å². The van der Waals surface area contributed by atoms with Crippen molar-refractivity contribution in [3.63, 3.8) is 0 Å². The van der Waals surface area contributed by atoms with Gasteiger partial charge >= 0.3 is 0 Å². The number of anilines is 1. The summed E-state index contributed by atoms with van der Waals surface area (Å²) in [5.74, 6) is 0. The van der Waals surface area contributed by atoms with Gasteiger partial charge in [-0.3, -0.25) is 5.32 Å². The second kappa shape index (κ2) is 4.11. The largest absolute Gasteiger partial charge is 0.348 e. The average molecular weight is 278 g/mol. The monoisotopic (exact) mass is 278 g/mol. The Bertz CT molecular complexity index is 704. The third kappa shape index (κ3) is 1.57. The molecule has 0 aliphatic carbocycles. The van der Waals surface area contributed by atoms with Crippen molar-refractivity contribution in [3.8, 4) is 0 Å². The summed E-state index contributed by atoms with van der Waals surface area (Å²) in [6.07, 6.45) is 0. The molecule has 1 unspecified atom stereocenters. The van der Waals surface area contributed by atoms with Gasteiger partial charge in [0.1, 0.15) is 0 Å². The molecule has 2 aliphatic heterocycles. The molecule has 1 atom stereocenters. The lowest BCUT2D eigenvalue weighted by atomic mass is 9.76. The summed E-state index contributed by atoms with van der Waals surface area (Å²) in [5.41, 5.74) is 5.68. The smallest absolute Gasteiger partial charge is 0.0979 e. The molecule has 4 rings (SSSR count). The van der Waals surface area contributed by atoms with E-state index < -0.39 is 0 Å². The van der Waals surface area contributed by atoms with E-state index in [-0.39, 0.29) is 11.1 Å². The number of para-hydroxylation sites is 1. The molecule has 0 radical (unpaired) electrons. The van der Waals surface area contributed by atoms with Crippen LogP contribution in [0.3, 0.4) is 0 Å². The molecular formula is C19H22N2. The van der Waals surface area contributed by atoms with E-state index in [1.165, 1.54) is 22.4 Å². The fraction of sp³-hybridized carbons (Fsp3) is 0.368. The van der Waals surface area contributed by atoms with Gasteiger partial charge in [0.25, 0.3) is 0 Å². The topological polar surface area (TPSA) is 15.3 Å². The molecule has 2 aromatic carbocycles. The molecule has 0 bridgehead atoms. The molecule has 2 aromatic rings. The summed E-state index contributed by atoms with van der Waals surface area (Å²) >= 11 is 0. The fourth-order valence-electron chi connectivity index (χ4n) is 3.96. The maximum atomic E-state index is 3.84. The molecule has 0 amide bonds. The SMILES string of the molecule is CC1(C)c2ccccc2N2Cc3ccccc3CNC21C. The van der Waals surface area contributed by atoms with Crippen LogP contribution in [-0.2, 0) is 18.5 Å². The van der Waals surface area contributed by atoms with Gasteiger partial charge in [-0.25, -0.2) is 0 Å². The molecule has 2 heteroatoms. The van der Waals surface area contributed by atoms with Crippen LogP contribution in [0.5, 0.6) is 0 Å². The van der Waals surface area contributed by atoms with E-state index in [1.54, 1.807) is 0 Å². The zero-order valence-corrected chi connectivity index (χ0v) is 13.0. The molecule has 0 fully saturated rings. The van der Waals surface area contributed by atoms with Crippen LogP contribution in [0.1, 0.15) is 37.5 Å². The molecule has 0 aromatic heterocycles. The number of benzene rings is 2. The van der Waals surface area contributed by atoms with Crippen LogP contribution in [0.15, 0.2) is 48.5 Å². The first-order valence-electron chi connectivity index (χ1n) is 7.73. The highest BCUT2D eigenvalue weighted by Gasteiger charge is 2.54. The van der Waals surface area contributed by atoms with Crippen LogP contribution in [0.2, 0.25) is 0 Å². The van der Waals surface area contributed by atoms with Gasteiger partial charge < -0.3 is 4.90 Å². The van der Waals surface area contributed by atoms with Crippen molar-refractivity contribution >= 4 is 5.69 Å². The lowest BCUT2D eigenvalue weighted by Gasteiger charge is -2.45. The van der Waals surface area contributed by atoms with Gasteiger partial charge in [0, 0.05) is 24.2 Å². The van der Waals surface area contributed by atoms with Gasteiger partial charge in [-0.15, -0.1) is 0 Å². The maximum Gasteiger partial charge on any atom is 0.0979 e. The summed E-state index contributed by atoms with van der Waals surface area (Å²) in [6.45, 7) is 8.96. The van der Waals surface area contributed by atoms with Gasteiger partial charge in [-0.2, -0.15) is 0 Å². The van der Waals surface area contributed by atoms with Crippen molar-refractivity contribution in [1.82, 2.24) is 5.32 Å². The van der Waals surface area contributed by atoms with Crippen molar-refractivity contribution in [2.45, 2.75) is 44.9 Å². The highest BCUT2D eigenvalue weighted by molar-refractivity contribution is 5.66. The third-order valence-electron chi connectivity index (χ3n) is 5.69. The van der Waals surface area contributed by atoms with E-state index in [4.69, 9.17) is 0 Å². The maximum absolute atomic E-state index is 3.84.